The number of fused-ring (bicyclic) bond motifs is 1. The van der Waals surface area contributed by atoms with Gasteiger partial charge in [0, 0.05) is 16.9 Å². The molecule has 0 atom stereocenters. The van der Waals surface area contributed by atoms with Gasteiger partial charge in [0.05, 0.1) is 25.6 Å². The summed E-state index contributed by atoms with van der Waals surface area (Å²) in [6.07, 6.45) is 0.875. The van der Waals surface area contributed by atoms with E-state index in [1.54, 1.807) is 14.2 Å². The minimum absolute atomic E-state index is 0.0154. The number of amides is 2. The van der Waals surface area contributed by atoms with E-state index in [1.165, 1.54) is 11.3 Å². The molecule has 1 aliphatic heterocycles. The second-order valence-corrected chi connectivity index (χ2v) is 8.41. The number of nitrogens with one attached hydrogen (secondary N) is 2. The SMILES string of the molecule is COc1ccc(CCC(=O)Nc2nc(-c3ccc4c(c3)NC(=O)CO4)c(C)s2)cc1OC. The molecule has 166 valence electrons. The minimum atomic E-state index is -0.188. The summed E-state index contributed by atoms with van der Waals surface area (Å²) in [4.78, 5) is 29.6. The molecule has 1 aliphatic rings. The zero-order chi connectivity index (χ0) is 22.7. The van der Waals surface area contributed by atoms with E-state index in [0.717, 1.165) is 21.7 Å². The van der Waals surface area contributed by atoms with Crippen molar-refractivity contribution in [2.24, 2.45) is 0 Å². The number of ether oxygens (including phenoxy) is 3. The van der Waals surface area contributed by atoms with Crippen molar-refractivity contribution in [3.05, 3.63) is 46.8 Å². The molecule has 0 saturated carbocycles. The van der Waals surface area contributed by atoms with Crippen molar-refractivity contribution in [1.29, 1.82) is 0 Å². The highest BCUT2D eigenvalue weighted by Gasteiger charge is 2.19. The van der Waals surface area contributed by atoms with Crippen LogP contribution < -0.4 is 24.8 Å². The van der Waals surface area contributed by atoms with Gasteiger partial charge in [-0.3, -0.25) is 9.59 Å². The number of rotatable bonds is 7. The van der Waals surface area contributed by atoms with Crippen LogP contribution >= 0.6 is 11.3 Å². The monoisotopic (exact) mass is 453 g/mol. The number of carbonyl (C=O) groups is 2. The standard InChI is InChI=1S/C23H23N3O5S/c1-13-22(15-6-8-17-16(11-15)24-21(28)12-31-17)26-23(32-13)25-20(27)9-5-14-4-7-18(29-2)19(10-14)30-3/h4,6-8,10-11H,5,9,12H2,1-3H3,(H,24,28)(H,25,26,27). The van der Waals surface area contributed by atoms with E-state index in [1.807, 2.05) is 43.3 Å². The van der Waals surface area contributed by atoms with Crippen LogP contribution in [-0.2, 0) is 16.0 Å². The Balaban J connectivity index is 1.42. The Bertz CT molecular complexity index is 1170. The Kier molecular flexibility index (Phi) is 6.27. The molecule has 0 bridgehead atoms. The number of nitrogens with zero attached hydrogens (tertiary/aromatic N) is 1. The average molecular weight is 454 g/mol. The van der Waals surface area contributed by atoms with Gasteiger partial charge in [0.25, 0.3) is 5.91 Å². The van der Waals surface area contributed by atoms with Crippen LogP contribution in [-0.4, -0.2) is 37.6 Å². The van der Waals surface area contributed by atoms with Gasteiger partial charge in [-0.05, 0) is 49.2 Å². The summed E-state index contributed by atoms with van der Waals surface area (Å²) in [6.45, 7) is 1.96. The molecule has 32 heavy (non-hydrogen) atoms. The first-order valence-electron chi connectivity index (χ1n) is 10.0. The van der Waals surface area contributed by atoms with Gasteiger partial charge in [0.2, 0.25) is 5.91 Å². The number of hydrogen-bond donors (Lipinski definition) is 2. The van der Waals surface area contributed by atoms with Crippen LogP contribution in [0.15, 0.2) is 36.4 Å². The van der Waals surface area contributed by atoms with Gasteiger partial charge in [-0.1, -0.05) is 6.07 Å². The van der Waals surface area contributed by atoms with Crippen molar-refractivity contribution < 1.29 is 23.8 Å². The number of aromatic nitrogens is 1. The molecule has 4 rings (SSSR count). The van der Waals surface area contributed by atoms with Crippen molar-refractivity contribution in [2.45, 2.75) is 19.8 Å². The molecule has 3 aromatic rings. The molecule has 0 spiro atoms. The third-order valence-electron chi connectivity index (χ3n) is 5.02. The van der Waals surface area contributed by atoms with Gasteiger partial charge in [-0.15, -0.1) is 11.3 Å². The van der Waals surface area contributed by atoms with Gasteiger partial charge in [-0.2, -0.15) is 0 Å². The summed E-state index contributed by atoms with van der Waals surface area (Å²) in [5.74, 6) is 1.61. The second kappa shape index (κ2) is 9.27. The molecule has 8 nitrogen and oxygen atoms in total. The Morgan fingerprint density at radius 1 is 1.19 bits per heavy atom. The fraction of sp³-hybridized carbons (Fsp3) is 0.261. The van der Waals surface area contributed by atoms with Crippen molar-refractivity contribution in [3.63, 3.8) is 0 Å². The zero-order valence-electron chi connectivity index (χ0n) is 18.0. The lowest BCUT2D eigenvalue weighted by atomic mass is 10.1. The molecule has 9 heteroatoms. The Morgan fingerprint density at radius 2 is 2.00 bits per heavy atom. The molecule has 0 unspecified atom stereocenters. The molecule has 0 saturated heterocycles. The largest absolute Gasteiger partial charge is 0.493 e. The Labute approximate surface area is 189 Å². The van der Waals surface area contributed by atoms with Crippen LogP contribution in [0.25, 0.3) is 11.3 Å². The van der Waals surface area contributed by atoms with Crippen molar-refractivity contribution in [3.8, 4) is 28.5 Å². The summed E-state index contributed by atoms with van der Waals surface area (Å²) in [6, 6.07) is 11.1. The number of benzene rings is 2. The van der Waals surface area contributed by atoms with E-state index in [-0.39, 0.29) is 18.4 Å². The summed E-state index contributed by atoms with van der Waals surface area (Å²) >= 11 is 1.41. The van der Waals surface area contributed by atoms with E-state index in [4.69, 9.17) is 14.2 Å². The van der Waals surface area contributed by atoms with Crippen molar-refractivity contribution in [2.75, 3.05) is 31.5 Å². The topological polar surface area (TPSA) is 98.8 Å². The van der Waals surface area contributed by atoms with Crippen LogP contribution in [0.3, 0.4) is 0 Å². The maximum Gasteiger partial charge on any atom is 0.262 e. The van der Waals surface area contributed by atoms with Gasteiger partial charge in [-0.25, -0.2) is 4.98 Å². The summed E-state index contributed by atoms with van der Waals surface area (Å²) in [5, 5.41) is 6.22. The molecule has 2 heterocycles. The van der Waals surface area contributed by atoms with Gasteiger partial charge in [0.1, 0.15) is 5.75 Å². The number of methoxy groups -OCH3 is 2. The highest BCUT2D eigenvalue weighted by Crippen LogP contribution is 2.36. The van der Waals surface area contributed by atoms with E-state index >= 15 is 0 Å². The van der Waals surface area contributed by atoms with E-state index in [9.17, 15) is 9.59 Å². The highest BCUT2D eigenvalue weighted by atomic mass is 32.1. The molecular formula is C23H23N3O5S. The van der Waals surface area contributed by atoms with Crippen LogP contribution in [0.1, 0.15) is 16.9 Å². The fourth-order valence-electron chi connectivity index (χ4n) is 3.42. The zero-order valence-corrected chi connectivity index (χ0v) is 18.8. The summed E-state index contributed by atoms with van der Waals surface area (Å²) in [5.41, 5.74) is 3.20. The summed E-state index contributed by atoms with van der Waals surface area (Å²) in [7, 11) is 3.17. The van der Waals surface area contributed by atoms with Crippen molar-refractivity contribution in [1.82, 2.24) is 4.98 Å². The number of thiazole rings is 1. The lowest BCUT2D eigenvalue weighted by Crippen LogP contribution is -2.25. The number of hydrogen-bond acceptors (Lipinski definition) is 7. The molecule has 0 radical (unpaired) electrons. The van der Waals surface area contributed by atoms with Crippen LogP contribution in [0, 0.1) is 6.92 Å². The number of aryl methyl sites for hydroxylation is 2. The maximum absolute atomic E-state index is 12.5. The molecule has 0 fully saturated rings. The molecule has 2 N–H and O–H groups in total. The van der Waals surface area contributed by atoms with E-state index in [0.29, 0.717) is 40.9 Å². The number of carbonyl (C=O) groups excluding carboxylic acids is 2. The lowest BCUT2D eigenvalue weighted by Gasteiger charge is -2.18. The van der Waals surface area contributed by atoms with E-state index < -0.39 is 0 Å². The molecule has 2 aromatic carbocycles. The van der Waals surface area contributed by atoms with Crippen molar-refractivity contribution >= 4 is 34.0 Å². The molecular weight excluding hydrogens is 430 g/mol. The second-order valence-electron chi connectivity index (χ2n) is 7.21. The Morgan fingerprint density at radius 3 is 2.78 bits per heavy atom. The van der Waals surface area contributed by atoms with Crippen LogP contribution in [0.5, 0.6) is 17.2 Å². The number of anilines is 2. The smallest absolute Gasteiger partial charge is 0.262 e. The van der Waals surface area contributed by atoms with Gasteiger partial charge < -0.3 is 24.8 Å². The van der Waals surface area contributed by atoms with E-state index in [2.05, 4.69) is 15.6 Å². The van der Waals surface area contributed by atoms with Crippen LogP contribution in [0.2, 0.25) is 0 Å². The van der Waals surface area contributed by atoms with Crippen LogP contribution in [0.4, 0.5) is 10.8 Å². The third-order valence-corrected chi connectivity index (χ3v) is 5.90. The van der Waals surface area contributed by atoms with Gasteiger partial charge in [0.15, 0.2) is 23.2 Å². The Hall–Kier alpha value is -3.59. The minimum Gasteiger partial charge on any atom is -0.493 e. The first-order chi connectivity index (χ1) is 15.5. The molecule has 1 aromatic heterocycles. The quantitative estimate of drug-likeness (QED) is 0.560. The molecule has 2 amide bonds. The third kappa shape index (κ3) is 4.67. The first-order valence-corrected chi connectivity index (χ1v) is 10.8. The molecule has 0 aliphatic carbocycles. The fourth-order valence-corrected chi connectivity index (χ4v) is 4.28. The predicted octanol–water partition coefficient (Wildman–Crippen LogP) is 4.04. The average Bonchev–Trinajstić information content (AvgIpc) is 3.16. The highest BCUT2D eigenvalue weighted by molar-refractivity contribution is 7.16. The first kappa shape index (κ1) is 21.6. The maximum atomic E-state index is 12.5. The lowest BCUT2D eigenvalue weighted by molar-refractivity contribution is -0.118. The predicted molar refractivity (Wildman–Crippen MR) is 123 cm³/mol. The van der Waals surface area contributed by atoms with Gasteiger partial charge >= 0.3 is 0 Å². The normalized spacial score (nSPS) is 12.4. The summed E-state index contributed by atoms with van der Waals surface area (Å²) < 4.78 is 16.0.